The molecule has 128 valence electrons. The lowest BCUT2D eigenvalue weighted by atomic mass is 9.99. The van der Waals surface area contributed by atoms with Gasteiger partial charge in [-0.3, -0.25) is 0 Å². The van der Waals surface area contributed by atoms with E-state index in [0.717, 1.165) is 0 Å². The average Bonchev–Trinajstić information content (AvgIpc) is 2.55. The number of fused-ring (bicyclic) bond motifs is 1. The molecule has 0 aliphatic carbocycles. The Balaban J connectivity index is 1.80. The monoisotopic (exact) mass is 338 g/mol. The molecule has 4 N–H and O–H groups in total. The number of aliphatic hydroxyl groups is 4. The molecule has 2 heterocycles. The van der Waals surface area contributed by atoms with Gasteiger partial charge in [0.15, 0.2) is 12.4 Å². The maximum atomic E-state index is 12.1. The lowest BCUT2D eigenvalue weighted by Gasteiger charge is -2.36. The van der Waals surface area contributed by atoms with E-state index >= 15 is 0 Å². The molecule has 3 rings (SSSR count). The first-order valence-corrected chi connectivity index (χ1v) is 7.00. The van der Waals surface area contributed by atoms with Crippen molar-refractivity contribution in [3.8, 4) is 5.75 Å². The highest BCUT2D eigenvalue weighted by atomic mass is 16.7. The van der Waals surface area contributed by atoms with Gasteiger partial charge in [0.05, 0.1) is 0 Å². The minimum Gasteiger partial charge on any atom is -0.424 e. The summed E-state index contributed by atoms with van der Waals surface area (Å²) in [6, 6.07) is 7.05. The zero-order valence-corrected chi connectivity index (χ0v) is 12.1. The van der Waals surface area contributed by atoms with Crippen LogP contribution in [0.3, 0.4) is 0 Å². The van der Waals surface area contributed by atoms with Crippen molar-refractivity contribution in [3.05, 3.63) is 40.8 Å². The van der Waals surface area contributed by atoms with E-state index < -0.39 is 42.3 Å². The van der Waals surface area contributed by atoms with Crippen LogP contribution in [0, 0.1) is 0 Å². The van der Waals surface area contributed by atoms with Crippen LogP contribution in [0.1, 0.15) is 0 Å². The fraction of sp³-hybridized carbons (Fsp3) is 0.333. The third-order valence-electron chi connectivity index (χ3n) is 3.63. The highest BCUT2D eigenvalue weighted by Crippen LogP contribution is 2.24. The van der Waals surface area contributed by atoms with E-state index in [2.05, 4.69) is 0 Å². The van der Waals surface area contributed by atoms with Crippen molar-refractivity contribution >= 4 is 16.9 Å². The summed E-state index contributed by atoms with van der Waals surface area (Å²) in [6.45, 7) is 0. The zero-order valence-electron chi connectivity index (χ0n) is 12.1. The van der Waals surface area contributed by atoms with E-state index in [1.807, 2.05) is 0 Å². The van der Waals surface area contributed by atoms with Crippen LogP contribution in [0.2, 0.25) is 0 Å². The Morgan fingerprint density at radius 3 is 2.46 bits per heavy atom. The standard InChI is InChI=1S/C15H14O9/c16-9-4-2-6-1-3-7(5-8(6)23-9)22-15(21)13-11(18)10(17)12(19)14(20)24-13/h1-5,10-14,17-20H/t10-,11-,12+,13-,14+/m0/s1. The summed E-state index contributed by atoms with van der Waals surface area (Å²) in [5, 5.41) is 38.8. The van der Waals surface area contributed by atoms with E-state index in [0.29, 0.717) is 5.39 Å². The Kier molecular flexibility index (Phi) is 4.35. The maximum Gasteiger partial charge on any atom is 0.343 e. The average molecular weight is 338 g/mol. The number of carbonyl (C=O) groups is 1. The second-order valence-electron chi connectivity index (χ2n) is 5.29. The highest BCUT2D eigenvalue weighted by Gasteiger charge is 2.47. The summed E-state index contributed by atoms with van der Waals surface area (Å²) in [5.74, 6) is -1.09. The van der Waals surface area contributed by atoms with Crippen LogP contribution in [0.4, 0.5) is 0 Å². The fourth-order valence-electron chi connectivity index (χ4n) is 2.33. The summed E-state index contributed by atoms with van der Waals surface area (Å²) in [5.41, 5.74) is -0.384. The molecule has 0 spiro atoms. The molecule has 0 unspecified atom stereocenters. The van der Waals surface area contributed by atoms with Crippen LogP contribution in [0.5, 0.6) is 5.75 Å². The topological polar surface area (TPSA) is 147 Å². The van der Waals surface area contributed by atoms with Gasteiger partial charge in [0.1, 0.15) is 29.6 Å². The molecule has 1 aliphatic heterocycles. The molecule has 0 bridgehead atoms. The van der Waals surface area contributed by atoms with Crippen LogP contribution in [0.15, 0.2) is 39.5 Å². The van der Waals surface area contributed by atoms with Crippen LogP contribution >= 0.6 is 0 Å². The van der Waals surface area contributed by atoms with Gasteiger partial charge in [-0.1, -0.05) is 0 Å². The molecule has 1 saturated heterocycles. The first-order valence-electron chi connectivity index (χ1n) is 7.00. The van der Waals surface area contributed by atoms with Crippen LogP contribution in [0.25, 0.3) is 11.0 Å². The molecule has 24 heavy (non-hydrogen) atoms. The molecule has 2 aromatic rings. The molecular weight excluding hydrogens is 324 g/mol. The third-order valence-corrected chi connectivity index (χ3v) is 3.63. The minimum atomic E-state index is -1.85. The van der Waals surface area contributed by atoms with Crippen LogP contribution in [-0.2, 0) is 9.53 Å². The Hall–Kier alpha value is -2.30. The van der Waals surface area contributed by atoms with Crippen molar-refractivity contribution in [1.82, 2.24) is 0 Å². The molecule has 1 aliphatic rings. The van der Waals surface area contributed by atoms with Gasteiger partial charge in [-0.25, -0.2) is 9.59 Å². The summed E-state index contributed by atoms with van der Waals surface area (Å²) in [4.78, 5) is 23.3. The zero-order chi connectivity index (χ0) is 17.4. The Labute approximate surface area is 134 Å². The van der Waals surface area contributed by atoms with Crippen LogP contribution < -0.4 is 10.4 Å². The molecular formula is C15H14O9. The van der Waals surface area contributed by atoms with Gasteiger partial charge >= 0.3 is 11.6 Å². The number of hydrogen-bond donors (Lipinski definition) is 4. The summed E-state index contributed by atoms with van der Waals surface area (Å²) in [6.07, 6.45) is -8.86. The second-order valence-corrected chi connectivity index (χ2v) is 5.29. The van der Waals surface area contributed by atoms with Gasteiger partial charge in [-0.2, -0.15) is 0 Å². The normalized spacial score (nSPS) is 30.2. The van der Waals surface area contributed by atoms with E-state index in [9.17, 15) is 30.0 Å². The molecule has 0 saturated carbocycles. The van der Waals surface area contributed by atoms with Gasteiger partial charge in [0, 0.05) is 17.5 Å². The molecule has 9 heteroatoms. The second kappa shape index (κ2) is 6.30. The van der Waals surface area contributed by atoms with E-state index in [1.54, 1.807) is 6.07 Å². The molecule has 5 atom stereocenters. The molecule has 1 fully saturated rings. The van der Waals surface area contributed by atoms with Gasteiger partial charge in [-0.05, 0) is 18.2 Å². The number of hydrogen-bond acceptors (Lipinski definition) is 9. The molecule has 0 amide bonds. The quantitative estimate of drug-likeness (QED) is 0.292. The Bertz CT molecular complexity index is 814. The van der Waals surface area contributed by atoms with Crippen molar-refractivity contribution in [2.45, 2.75) is 30.7 Å². The maximum absolute atomic E-state index is 12.1. The molecule has 1 aromatic carbocycles. The molecule has 0 radical (unpaired) electrons. The van der Waals surface area contributed by atoms with Gasteiger partial charge in [-0.15, -0.1) is 0 Å². The summed E-state index contributed by atoms with van der Waals surface area (Å²) in [7, 11) is 0. The van der Waals surface area contributed by atoms with E-state index in [4.69, 9.17) is 13.9 Å². The number of benzene rings is 1. The molecule has 9 nitrogen and oxygen atoms in total. The predicted molar refractivity (Wildman–Crippen MR) is 77.0 cm³/mol. The number of carbonyl (C=O) groups excluding carboxylic acids is 1. The van der Waals surface area contributed by atoms with E-state index in [1.165, 1.54) is 24.3 Å². The lowest BCUT2D eigenvalue weighted by Crippen LogP contribution is -2.60. The van der Waals surface area contributed by atoms with Crippen molar-refractivity contribution in [3.63, 3.8) is 0 Å². The number of rotatable bonds is 2. The third kappa shape index (κ3) is 3.03. The predicted octanol–water partition coefficient (Wildman–Crippen LogP) is -1.50. The van der Waals surface area contributed by atoms with Gasteiger partial charge in [0.2, 0.25) is 0 Å². The number of aliphatic hydroxyl groups excluding tert-OH is 4. The Morgan fingerprint density at radius 2 is 1.71 bits per heavy atom. The first-order chi connectivity index (χ1) is 11.4. The highest BCUT2D eigenvalue weighted by molar-refractivity contribution is 5.81. The Morgan fingerprint density at radius 1 is 1.00 bits per heavy atom. The first kappa shape index (κ1) is 16.6. The lowest BCUT2D eigenvalue weighted by molar-refractivity contribution is -0.279. The molecule has 1 aromatic heterocycles. The number of ether oxygens (including phenoxy) is 2. The minimum absolute atomic E-state index is 0.00718. The number of esters is 1. The van der Waals surface area contributed by atoms with Crippen molar-refractivity contribution in [2.24, 2.45) is 0 Å². The van der Waals surface area contributed by atoms with Gasteiger partial charge < -0.3 is 34.3 Å². The summed E-state index contributed by atoms with van der Waals surface area (Å²) >= 11 is 0. The fourth-order valence-corrected chi connectivity index (χ4v) is 2.33. The van der Waals surface area contributed by atoms with Crippen LogP contribution in [-0.4, -0.2) is 57.1 Å². The van der Waals surface area contributed by atoms with Gasteiger partial charge in [0.25, 0.3) is 0 Å². The SMILES string of the molecule is O=C(Oc1ccc2ccc(=O)oc2c1)[C@H]1O[C@@H](O)[C@H](O)[C@@H](O)[C@@H]1O. The smallest absolute Gasteiger partial charge is 0.343 e. The largest absolute Gasteiger partial charge is 0.424 e. The van der Waals surface area contributed by atoms with Crippen molar-refractivity contribution < 1.29 is 39.1 Å². The van der Waals surface area contributed by atoms with E-state index in [-0.39, 0.29) is 11.3 Å². The summed E-state index contributed by atoms with van der Waals surface area (Å²) < 4.78 is 14.7. The van der Waals surface area contributed by atoms with Crippen molar-refractivity contribution in [1.29, 1.82) is 0 Å². The van der Waals surface area contributed by atoms with Crippen molar-refractivity contribution in [2.75, 3.05) is 0 Å².